The normalized spacial score (nSPS) is 12.7. The zero-order valence-corrected chi connectivity index (χ0v) is 12.1. The summed E-state index contributed by atoms with van der Waals surface area (Å²) in [5.74, 6) is -4.18. The quantitative estimate of drug-likeness (QED) is 0.818. The predicted molar refractivity (Wildman–Crippen MR) is 75.3 cm³/mol. The van der Waals surface area contributed by atoms with Crippen molar-refractivity contribution in [1.29, 1.82) is 0 Å². The lowest BCUT2D eigenvalue weighted by Gasteiger charge is -2.10. The van der Waals surface area contributed by atoms with Crippen LogP contribution in [0.5, 0.6) is 0 Å². The molecule has 1 rings (SSSR count). The Hall–Kier alpha value is -1.89. The van der Waals surface area contributed by atoms with Crippen molar-refractivity contribution < 1.29 is 23.1 Å². The summed E-state index contributed by atoms with van der Waals surface area (Å²) in [5, 5.41) is 11.2. The van der Waals surface area contributed by atoms with Crippen LogP contribution in [0.3, 0.4) is 0 Å². The average Bonchev–Trinajstić information content (AvgIpc) is 2.30. The lowest BCUT2D eigenvalue weighted by Crippen LogP contribution is -2.29. The van der Waals surface area contributed by atoms with Crippen molar-refractivity contribution in [1.82, 2.24) is 0 Å². The van der Waals surface area contributed by atoms with Gasteiger partial charge >= 0.3 is 5.97 Å². The summed E-state index contributed by atoms with van der Waals surface area (Å²) in [7, 11) is -3.75. The van der Waals surface area contributed by atoms with Gasteiger partial charge in [0.15, 0.2) is 9.84 Å². The molecule has 1 aromatic carbocycles. The van der Waals surface area contributed by atoms with Gasteiger partial charge in [-0.25, -0.2) is 8.42 Å². The molecule has 0 aliphatic rings. The molecule has 0 aromatic heterocycles. The molecular formula is C13H17NO5S. The molecule has 110 valence electrons. The van der Waals surface area contributed by atoms with Gasteiger partial charge in [0.1, 0.15) is 5.75 Å². The molecular weight excluding hydrogens is 282 g/mol. The minimum Gasteiger partial charge on any atom is -0.481 e. The van der Waals surface area contributed by atoms with Crippen molar-refractivity contribution in [3.8, 4) is 0 Å². The van der Waals surface area contributed by atoms with Crippen molar-refractivity contribution in [3.63, 3.8) is 0 Å². The van der Waals surface area contributed by atoms with Gasteiger partial charge in [0.25, 0.3) is 0 Å². The van der Waals surface area contributed by atoms with E-state index in [1.54, 1.807) is 31.2 Å². The standard InChI is InChI=1S/C13H17NO5S/c1-9-5-3-4-6-11(9)14-12(15)8-20(18,19)7-10(2)13(16)17/h3-6,10H,7-8H2,1-2H3,(H,14,15)(H,16,17). The Balaban J connectivity index is 2.67. The van der Waals surface area contributed by atoms with Crippen molar-refractivity contribution in [2.24, 2.45) is 5.92 Å². The Morgan fingerprint density at radius 2 is 1.90 bits per heavy atom. The summed E-state index contributed by atoms with van der Waals surface area (Å²) >= 11 is 0. The largest absolute Gasteiger partial charge is 0.481 e. The van der Waals surface area contributed by atoms with Gasteiger partial charge in [0, 0.05) is 5.69 Å². The highest BCUT2D eigenvalue weighted by atomic mass is 32.2. The smallest absolute Gasteiger partial charge is 0.307 e. The van der Waals surface area contributed by atoms with Crippen molar-refractivity contribution >= 4 is 27.4 Å². The molecule has 0 aliphatic carbocycles. The van der Waals surface area contributed by atoms with Gasteiger partial charge in [0.05, 0.1) is 11.7 Å². The summed E-state index contributed by atoms with van der Waals surface area (Å²) in [6.07, 6.45) is 0. The Labute approximate surface area is 117 Å². The van der Waals surface area contributed by atoms with Crippen LogP contribution in [0.1, 0.15) is 12.5 Å². The first kappa shape index (κ1) is 16.2. The summed E-state index contributed by atoms with van der Waals surface area (Å²) in [6, 6.07) is 6.98. The topological polar surface area (TPSA) is 101 Å². The molecule has 1 atom stereocenters. The molecule has 1 amide bonds. The van der Waals surface area contributed by atoms with Gasteiger partial charge in [0.2, 0.25) is 5.91 Å². The Morgan fingerprint density at radius 1 is 1.30 bits per heavy atom. The number of aliphatic carboxylic acids is 1. The highest BCUT2D eigenvalue weighted by molar-refractivity contribution is 7.92. The van der Waals surface area contributed by atoms with Crippen LogP contribution in [0.25, 0.3) is 0 Å². The molecule has 1 unspecified atom stereocenters. The summed E-state index contributed by atoms with van der Waals surface area (Å²) < 4.78 is 23.4. The lowest BCUT2D eigenvalue weighted by molar-refractivity contribution is -0.140. The summed E-state index contributed by atoms with van der Waals surface area (Å²) in [4.78, 5) is 22.3. The number of nitrogens with one attached hydrogen (secondary N) is 1. The number of anilines is 1. The van der Waals surface area contributed by atoms with E-state index in [0.717, 1.165) is 5.56 Å². The zero-order chi connectivity index (χ0) is 15.3. The van der Waals surface area contributed by atoms with Crippen LogP contribution in [0.4, 0.5) is 5.69 Å². The number of carbonyl (C=O) groups excluding carboxylic acids is 1. The summed E-state index contributed by atoms with van der Waals surface area (Å²) in [6.45, 7) is 3.08. The number of benzene rings is 1. The maximum absolute atomic E-state index is 11.7. The minimum atomic E-state index is -3.75. The molecule has 0 fully saturated rings. The van der Waals surface area contributed by atoms with Crippen LogP contribution in [0.15, 0.2) is 24.3 Å². The molecule has 1 aromatic rings. The maximum Gasteiger partial charge on any atom is 0.307 e. The number of carboxylic acids is 1. The highest BCUT2D eigenvalue weighted by Crippen LogP contribution is 2.13. The number of para-hydroxylation sites is 1. The van der Waals surface area contributed by atoms with E-state index < -0.39 is 39.1 Å². The second-order valence-electron chi connectivity index (χ2n) is 4.66. The summed E-state index contributed by atoms with van der Waals surface area (Å²) in [5.41, 5.74) is 1.36. The average molecular weight is 299 g/mol. The van der Waals surface area contributed by atoms with Gasteiger partial charge < -0.3 is 10.4 Å². The molecule has 0 bridgehead atoms. The third kappa shape index (κ3) is 5.00. The number of sulfone groups is 1. The van der Waals surface area contributed by atoms with Crippen molar-refractivity contribution in [3.05, 3.63) is 29.8 Å². The van der Waals surface area contributed by atoms with E-state index in [1.165, 1.54) is 6.92 Å². The van der Waals surface area contributed by atoms with Gasteiger partial charge in [-0.15, -0.1) is 0 Å². The second kappa shape index (κ2) is 6.51. The molecule has 0 aliphatic heterocycles. The molecule has 7 heteroatoms. The SMILES string of the molecule is Cc1ccccc1NC(=O)CS(=O)(=O)CC(C)C(=O)O. The molecule has 2 N–H and O–H groups in total. The molecule has 0 saturated carbocycles. The number of amides is 1. The van der Waals surface area contributed by atoms with E-state index in [2.05, 4.69) is 5.32 Å². The van der Waals surface area contributed by atoms with Gasteiger partial charge in [-0.05, 0) is 18.6 Å². The maximum atomic E-state index is 11.7. The van der Waals surface area contributed by atoms with Crippen LogP contribution in [0, 0.1) is 12.8 Å². The van der Waals surface area contributed by atoms with E-state index in [4.69, 9.17) is 5.11 Å². The molecule has 0 spiro atoms. The molecule has 6 nitrogen and oxygen atoms in total. The third-order valence-electron chi connectivity index (χ3n) is 2.70. The number of carboxylic acid groups (broad SMARTS) is 1. The Kier molecular flexibility index (Phi) is 5.26. The van der Waals surface area contributed by atoms with E-state index in [9.17, 15) is 18.0 Å². The van der Waals surface area contributed by atoms with Crippen LogP contribution >= 0.6 is 0 Å². The Morgan fingerprint density at radius 3 is 2.45 bits per heavy atom. The monoisotopic (exact) mass is 299 g/mol. The number of aryl methyl sites for hydroxylation is 1. The van der Waals surface area contributed by atoms with Crippen molar-refractivity contribution in [2.45, 2.75) is 13.8 Å². The highest BCUT2D eigenvalue weighted by Gasteiger charge is 2.23. The zero-order valence-electron chi connectivity index (χ0n) is 11.3. The van der Waals surface area contributed by atoms with Crippen LogP contribution in [-0.2, 0) is 19.4 Å². The van der Waals surface area contributed by atoms with E-state index in [1.807, 2.05) is 0 Å². The molecule has 0 saturated heterocycles. The van der Waals surface area contributed by atoms with Gasteiger partial charge in [-0.2, -0.15) is 0 Å². The predicted octanol–water partition coefficient (Wildman–Crippen LogP) is 1.07. The minimum absolute atomic E-state index is 0.541. The number of hydrogen-bond donors (Lipinski definition) is 2. The Bertz CT molecular complexity index is 609. The number of rotatable bonds is 6. The third-order valence-corrected chi connectivity index (χ3v) is 4.41. The lowest BCUT2D eigenvalue weighted by atomic mass is 10.2. The first-order valence-corrected chi connectivity index (χ1v) is 7.82. The first-order valence-electron chi connectivity index (χ1n) is 6.00. The molecule has 0 heterocycles. The van der Waals surface area contributed by atoms with E-state index in [-0.39, 0.29) is 0 Å². The molecule has 0 radical (unpaired) electrons. The molecule has 20 heavy (non-hydrogen) atoms. The first-order chi connectivity index (χ1) is 9.21. The fourth-order valence-electron chi connectivity index (χ4n) is 1.61. The van der Waals surface area contributed by atoms with E-state index >= 15 is 0 Å². The second-order valence-corrected chi connectivity index (χ2v) is 6.77. The van der Waals surface area contributed by atoms with Gasteiger partial charge in [-0.3, -0.25) is 9.59 Å². The van der Waals surface area contributed by atoms with Crippen LogP contribution in [0.2, 0.25) is 0 Å². The fourth-order valence-corrected chi connectivity index (χ4v) is 3.10. The van der Waals surface area contributed by atoms with Gasteiger partial charge in [-0.1, -0.05) is 25.1 Å². The van der Waals surface area contributed by atoms with E-state index in [0.29, 0.717) is 5.69 Å². The number of carbonyl (C=O) groups is 2. The van der Waals surface area contributed by atoms with Crippen molar-refractivity contribution in [2.75, 3.05) is 16.8 Å². The fraction of sp³-hybridized carbons (Fsp3) is 0.385. The number of hydrogen-bond acceptors (Lipinski definition) is 4. The van der Waals surface area contributed by atoms with Crippen LogP contribution in [-0.4, -0.2) is 36.9 Å². The van der Waals surface area contributed by atoms with Crippen LogP contribution < -0.4 is 5.32 Å².